The maximum atomic E-state index is 12.6. The topological polar surface area (TPSA) is 104 Å². The summed E-state index contributed by atoms with van der Waals surface area (Å²) in [6, 6.07) is 10.1. The number of fused-ring (bicyclic) bond motifs is 1. The number of hydrogen-bond donors (Lipinski definition) is 1. The first-order valence-corrected chi connectivity index (χ1v) is 15.2. The lowest BCUT2D eigenvalue weighted by atomic mass is 9.97. The van der Waals surface area contributed by atoms with E-state index in [0.29, 0.717) is 43.3 Å². The van der Waals surface area contributed by atoms with Gasteiger partial charge in [-0.25, -0.2) is 9.97 Å². The molecule has 2 aliphatic rings. The summed E-state index contributed by atoms with van der Waals surface area (Å²) in [6.07, 6.45) is 3.64. The molecule has 1 unspecified atom stereocenters. The molecule has 5 rings (SSSR count). The van der Waals surface area contributed by atoms with Gasteiger partial charge in [-0.05, 0) is 26.2 Å². The number of piperidine rings is 1. The number of carbonyl (C=O) groups excluding carboxylic acids is 1. The highest BCUT2D eigenvalue weighted by Crippen LogP contribution is 2.35. The Bertz CT molecular complexity index is 1290. The highest BCUT2D eigenvalue weighted by molar-refractivity contribution is 7.85. The Morgan fingerprint density at radius 3 is 2.54 bits per heavy atom. The number of benzene rings is 1. The fourth-order valence-electron chi connectivity index (χ4n) is 4.90. The van der Waals surface area contributed by atoms with Gasteiger partial charge in [-0.1, -0.05) is 44.2 Å². The van der Waals surface area contributed by atoms with E-state index in [0.717, 1.165) is 59.4 Å². The number of hydrogen-bond acceptors (Lipinski definition) is 8. The Morgan fingerprint density at radius 2 is 1.85 bits per heavy atom. The molecular formula is C29H40N6O3S. The van der Waals surface area contributed by atoms with Crippen molar-refractivity contribution >= 4 is 28.5 Å². The minimum atomic E-state index is -1.09. The summed E-state index contributed by atoms with van der Waals surface area (Å²) in [7, 11) is 2.43. The molecule has 1 atom stereocenters. The number of aromatic nitrogens is 3. The maximum absolute atomic E-state index is 12.6. The molecule has 0 aliphatic carbocycles. The van der Waals surface area contributed by atoms with Crippen LogP contribution < -0.4 is 10.2 Å². The van der Waals surface area contributed by atoms with Crippen LogP contribution in [0, 0.1) is 6.92 Å². The van der Waals surface area contributed by atoms with Gasteiger partial charge in [-0.3, -0.25) is 9.00 Å². The van der Waals surface area contributed by atoms with E-state index < -0.39 is 10.8 Å². The van der Waals surface area contributed by atoms with E-state index in [1.54, 1.807) is 19.0 Å². The molecule has 0 spiro atoms. The van der Waals surface area contributed by atoms with Gasteiger partial charge in [0.15, 0.2) is 5.89 Å². The number of amides is 1. The van der Waals surface area contributed by atoms with Gasteiger partial charge < -0.3 is 19.5 Å². The van der Waals surface area contributed by atoms with Crippen LogP contribution in [0.3, 0.4) is 0 Å². The summed E-state index contributed by atoms with van der Waals surface area (Å²) in [5, 5.41) is 3.34. The van der Waals surface area contributed by atoms with E-state index in [4.69, 9.17) is 19.4 Å². The lowest BCUT2D eigenvalue weighted by molar-refractivity contribution is -0.128. The van der Waals surface area contributed by atoms with Gasteiger partial charge in [0, 0.05) is 63.8 Å². The third-order valence-electron chi connectivity index (χ3n) is 7.02. The van der Waals surface area contributed by atoms with Crippen molar-refractivity contribution < 1.29 is 13.4 Å². The van der Waals surface area contributed by atoms with Crippen LogP contribution in [0.4, 0.5) is 11.8 Å². The third kappa shape index (κ3) is 6.66. The number of nitrogens with zero attached hydrogens (tertiary/aromatic N) is 5. The molecule has 4 heterocycles. The zero-order valence-corrected chi connectivity index (χ0v) is 24.5. The smallest absolute Gasteiger partial charge is 0.227 e. The molecule has 0 saturated carbocycles. The van der Waals surface area contributed by atoms with Gasteiger partial charge in [0.2, 0.25) is 11.9 Å². The standard InChI is InChI=1S/C27H34N6O3S.C2H6/c1-18-23(19-8-5-4-6-9-19)30-26(36-18)20-11-15-33(16-12-20)27-29-21-13-17-37(35)24(21)25(31-27)28-14-7-10-22(34)32(2)3;1-2/h4-6,8-9,20H,7,10-17H2,1-3H3,(H,28,29,31);1-2H3. The molecule has 2 aromatic heterocycles. The first-order valence-electron chi connectivity index (χ1n) is 13.9. The fraction of sp³-hybridized carbons (Fsp3) is 0.517. The van der Waals surface area contributed by atoms with Crippen LogP contribution in [0.15, 0.2) is 39.6 Å². The number of nitrogens with one attached hydrogen (secondary N) is 1. The van der Waals surface area contributed by atoms with Crippen molar-refractivity contribution in [3.8, 4) is 11.3 Å². The fourth-order valence-corrected chi connectivity index (χ4v) is 6.22. The molecule has 1 aromatic carbocycles. The van der Waals surface area contributed by atoms with E-state index in [1.165, 1.54) is 0 Å². The molecular weight excluding hydrogens is 512 g/mol. The van der Waals surface area contributed by atoms with Gasteiger partial charge >= 0.3 is 0 Å². The molecule has 210 valence electrons. The molecule has 1 saturated heterocycles. The van der Waals surface area contributed by atoms with E-state index >= 15 is 0 Å². The highest BCUT2D eigenvalue weighted by Gasteiger charge is 2.30. The molecule has 9 nitrogen and oxygen atoms in total. The Morgan fingerprint density at radius 1 is 1.13 bits per heavy atom. The van der Waals surface area contributed by atoms with Crippen molar-refractivity contribution in [2.75, 3.05) is 49.7 Å². The maximum Gasteiger partial charge on any atom is 0.227 e. The minimum absolute atomic E-state index is 0.0963. The quantitative estimate of drug-likeness (QED) is 0.398. The van der Waals surface area contributed by atoms with Gasteiger partial charge in [-0.15, -0.1) is 0 Å². The summed E-state index contributed by atoms with van der Waals surface area (Å²) < 4.78 is 18.7. The van der Waals surface area contributed by atoms with Crippen LogP contribution in [0.25, 0.3) is 11.3 Å². The second-order valence-electron chi connectivity index (χ2n) is 9.85. The molecule has 3 aromatic rings. The Kier molecular flexibility index (Phi) is 9.72. The van der Waals surface area contributed by atoms with Crippen LogP contribution in [0.1, 0.15) is 62.8 Å². The van der Waals surface area contributed by atoms with Crippen molar-refractivity contribution in [3.63, 3.8) is 0 Å². The van der Waals surface area contributed by atoms with Crippen molar-refractivity contribution in [3.05, 3.63) is 47.7 Å². The number of aryl methyl sites for hydroxylation is 2. The summed E-state index contributed by atoms with van der Waals surface area (Å²) >= 11 is 0. The second kappa shape index (κ2) is 13.2. The van der Waals surface area contributed by atoms with Gasteiger partial charge in [0.1, 0.15) is 22.2 Å². The van der Waals surface area contributed by atoms with E-state index in [1.807, 2.05) is 39.0 Å². The molecule has 2 aliphatic heterocycles. The molecule has 1 N–H and O–H groups in total. The van der Waals surface area contributed by atoms with Gasteiger partial charge in [0.05, 0.1) is 16.5 Å². The average Bonchev–Trinajstić information content (AvgIpc) is 3.54. The molecule has 0 bridgehead atoms. The predicted octanol–water partition coefficient (Wildman–Crippen LogP) is 4.79. The Balaban J connectivity index is 0.00000172. The zero-order chi connectivity index (χ0) is 27.9. The first-order chi connectivity index (χ1) is 18.9. The molecule has 1 fully saturated rings. The Hall–Kier alpha value is -3.27. The summed E-state index contributed by atoms with van der Waals surface area (Å²) in [5.74, 6) is 3.90. The number of rotatable bonds is 8. The average molecular weight is 553 g/mol. The molecule has 39 heavy (non-hydrogen) atoms. The third-order valence-corrected chi connectivity index (χ3v) is 8.48. The summed E-state index contributed by atoms with van der Waals surface area (Å²) in [5.41, 5.74) is 2.85. The number of anilines is 2. The first kappa shape index (κ1) is 28.7. The van der Waals surface area contributed by atoms with Crippen molar-refractivity contribution in [2.24, 2.45) is 0 Å². The van der Waals surface area contributed by atoms with Gasteiger partial charge in [-0.2, -0.15) is 4.98 Å². The SMILES string of the molecule is CC.Cc1oc(C2CCN(c3nc4c(c(NCCCC(=O)N(C)C)n3)S(=O)CC4)CC2)nc1-c1ccccc1. The van der Waals surface area contributed by atoms with Crippen molar-refractivity contribution in [2.45, 2.75) is 63.7 Å². The van der Waals surface area contributed by atoms with Crippen LogP contribution in [-0.4, -0.2) is 69.5 Å². The molecule has 10 heteroatoms. The highest BCUT2D eigenvalue weighted by atomic mass is 32.2. The van der Waals surface area contributed by atoms with E-state index in [-0.39, 0.29) is 11.8 Å². The number of carbonyl (C=O) groups is 1. The summed E-state index contributed by atoms with van der Waals surface area (Å²) in [4.78, 5) is 30.9. The van der Waals surface area contributed by atoms with Crippen molar-refractivity contribution in [1.82, 2.24) is 19.9 Å². The lowest BCUT2D eigenvalue weighted by Gasteiger charge is -2.31. The van der Waals surface area contributed by atoms with E-state index in [2.05, 4.69) is 22.3 Å². The zero-order valence-electron chi connectivity index (χ0n) is 23.7. The minimum Gasteiger partial charge on any atom is -0.445 e. The normalized spacial score (nSPS) is 16.8. The van der Waals surface area contributed by atoms with Crippen LogP contribution in [0.5, 0.6) is 0 Å². The van der Waals surface area contributed by atoms with Crippen molar-refractivity contribution in [1.29, 1.82) is 0 Å². The van der Waals surface area contributed by atoms with E-state index in [9.17, 15) is 9.00 Å². The van der Waals surface area contributed by atoms with Crippen LogP contribution in [-0.2, 0) is 22.0 Å². The lowest BCUT2D eigenvalue weighted by Crippen LogP contribution is -2.34. The summed E-state index contributed by atoms with van der Waals surface area (Å²) in [6.45, 7) is 8.16. The van der Waals surface area contributed by atoms with Crippen LogP contribution in [0.2, 0.25) is 0 Å². The van der Waals surface area contributed by atoms with Gasteiger partial charge in [0.25, 0.3) is 0 Å². The Labute approximate surface area is 233 Å². The largest absolute Gasteiger partial charge is 0.445 e. The van der Waals surface area contributed by atoms with Crippen LogP contribution >= 0.6 is 0 Å². The second-order valence-corrected chi connectivity index (χ2v) is 11.4. The molecule has 1 amide bonds. The monoisotopic (exact) mass is 552 g/mol. The molecule has 0 radical (unpaired) electrons. The predicted molar refractivity (Wildman–Crippen MR) is 156 cm³/mol. The number of oxazole rings is 1.